The first-order valence-corrected chi connectivity index (χ1v) is 3.93. The van der Waals surface area contributed by atoms with Gasteiger partial charge in [0.15, 0.2) is 0 Å². The van der Waals surface area contributed by atoms with Gasteiger partial charge in [-0.2, -0.15) is 4.90 Å². The molecule has 0 radical (unpaired) electrons. The number of hydrogen-bond donors (Lipinski definition) is 0. The van der Waals surface area contributed by atoms with Gasteiger partial charge in [0.2, 0.25) is 0 Å². The van der Waals surface area contributed by atoms with Crippen LogP contribution >= 0.6 is 0 Å². The molecule has 0 saturated heterocycles. The number of rotatable bonds is 0. The normalized spacial score (nSPS) is 9.33. The molecule has 0 bridgehead atoms. The average Bonchev–Trinajstić information content (AvgIpc) is 2.04. The van der Waals surface area contributed by atoms with Gasteiger partial charge in [0.25, 0.3) is 0 Å². The van der Waals surface area contributed by atoms with E-state index in [2.05, 4.69) is 18.2 Å². The van der Waals surface area contributed by atoms with Gasteiger partial charge in [-0.05, 0) is 10.8 Å². The summed E-state index contributed by atoms with van der Waals surface area (Å²) in [6, 6.07) is 14.2. The molecule has 54 valence electrons. The first kappa shape index (κ1) is 10.6. The minimum Gasteiger partial charge on any atom is -0.780 e. The number of fused-ring (bicyclic) bond motifs is 1. The van der Waals surface area contributed by atoms with Gasteiger partial charge in [0.1, 0.15) is 0 Å². The Kier molecular flexibility index (Phi) is 4.16. The maximum Gasteiger partial charge on any atom is 1.00 e. The van der Waals surface area contributed by atoms with Crippen LogP contribution in [-0.4, -0.2) is 0 Å². The SMILES string of the molecule is [K+].[S-]c1ccc2ccccc2c1. The van der Waals surface area contributed by atoms with E-state index in [1.807, 2.05) is 24.3 Å². The Morgan fingerprint density at radius 2 is 1.50 bits per heavy atom. The maximum atomic E-state index is 5.04. The average molecular weight is 198 g/mol. The first-order chi connectivity index (χ1) is 5.36. The Labute approximate surface area is 120 Å². The Bertz CT molecular complexity index is 384. The largest absolute Gasteiger partial charge is 1.00 e. The van der Waals surface area contributed by atoms with Gasteiger partial charge >= 0.3 is 51.4 Å². The van der Waals surface area contributed by atoms with E-state index in [0.29, 0.717) is 0 Å². The molecule has 0 aliphatic carbocycles. The van der Waals surface area contributed by atoms with Crippen molar-refractivity contribution < 1.29 is 51.4 Å². The van der Waals surface area contributed by atoms with E-state index in [1.54, 1.807) is 0 Å². The van der Waals surface area contributed by atoms with E-state index < -0.39 is 0 Å². The Hall–Kier alpha value is 0.556. The van der Waals surface area contributed by atoms with E-state index in [1.165, 1.54) is 10.8 Å². The van der Waals surface area contributed by atoms with Crippen molar-refractivity contribution in [3.63, 3.8) is 0 Å². The molecule has 2 aromatic carbocycles. The molecule has 0 aliphatic heterocycles. The van der Waals surface area contributed by atoms with Gasteiger partial charge in [0, 0.05) is 0 Å². The molecule has 2 aromatic rings. The van der Waals surface area contributed by atoms with Crippen LogP contribution in [0.15, 0.2) is 47.4 Å². The Morgan fingerprint density at radius 3 is 2.25 bits per heavy atom. The predicted octanol–water partition coefficient (Wildman–Crippen LogP) is -0.250. The van der Waals surface area contributed by atoms with Gasteiger partial charge in [-0.3, -0.25) is 0 Å². The molecule has 0 N–H and O–H groups in total. The molecule has 0 spiro atoms. The molecule has 0 heterocycles. The molecule has 0 saturated carbocycles. The van der Waals surface area contributed by atoms with Gasteiger partial charge in [0.05, 0.1) is 0 Å². The second-order valence-corrected chi connectivity index (χ2v) is 2.98. The smallest absolute Gasteiger partial charge is 0.780 e. The standard InChI is InChI=1S/C10H8S.K/c11-10-6-5-8-3-1-2-4-9(8)7-10;/h1-7,11H;/q;+1/p-1. The zero-order chi connectivity index (χ0) is 7.68. The summed E-state index contributed by atoms with van der Waals surface area (Å²) in [7, 11) is 0. The summed E-state index contributed by atoms with van der Waals surface area (Å²) in [4.78, 5) is 0.906. The minimum atomic E-state index is 0. The molecule has 0 fully saturated rings. The molecule has 12 heavy (non-hydrogen) atoms. The summed E-state index contributed by atoms with van der Waals surface area (Å²) in [6.45, 7) is 0. The molecule has 2 rings (SSSR count). The van der Waals surface area contributed by atoms with Crippen molar-refractivity contribution in [2.45, 2.75) is 4.90 Å². The molecule has 0 aliphatic rings. The minimum absolute atomic E-state index is 0. The van der Waals surface area contributed by atoms with Crippen LogP contribution in [0.3, 0.4) is 0 Å². The van der Waals surface area contributed by atoms with Crippen LogP contribution in [0.1, 0.15) is 0 Å². The summed E-state index contributed by atoms with van der Waals surface area (Å²) < 4.78 is 0. The second kappa shape index (κ2) is 4.70. The van der Waals surface area contributed by atoms with Crippen molar-refractivity contribution in [1.29, 1.82) is 0 Å². The van der Waals surface area contributed by atoms with Crippen LogP contribution in [0.5, 0.6) is 0 Å². The topological polar surface area (TPSA) is 0 Å². The summed E-state index contributed by atoms with van der Waals surface area (Å²) in [5.41, 5.74) is 0. The molecule has 0 unspecified atom stereocenters. The maximum absolute atomic E-state index is 5.04. The molecular formula is C10H7KS. The first-order valence-electron chi connectivity index (χ1n) is 3.52. The van der Waals surface area contributed by atoms with Crippen LogP contribution < -0.4 is 51.4 Å². The Balaban J connectivity index is 0.000000720. The molecule has 2 heteroatoms. The second-order valence-electron chi connectivity index (χ2n) is 2.51. The van der Waals surface area contributed by atoms with Crippen molar-refractivity contribution in [3.05, 3.63) is 42.5 Å². The van der Waals surface area contributed by atoms with Crippen molar-refractivity contribution >= 4 is 23.4 Å². The predicted molar refractivity (Wildman–Crippen MR) is 49.6 cm³/mol. The Morgan fingerprint density at radius 1 is 0.833 bits per heavy atom. The third-order valence-corrected chi connectivity index (χ3v) is 1.97. The fourth-order valence-electron chi connectivity index (χ4n) is 1.17. The van der Waals surface area contributed by atoms with Gasteiger partial charge in [-0.1, -0.05) is 42.5 Å². The zero-order valence-electron chi connectivity index (χ0n) is 6.95. The van der Waals surface area contributed by atoms with Crippen molar-refractivity contribution in [1.82, 2.24) is 0 Å². The third kappa shape index (κ3) is 2.28. The molecule has 0 amide bonds. The molecule has 0 aromatic heterocycles. The third-order valence-electron chi connectivity index (χ3n) is 1.72. The number of hydrogen-bond acceptors (Lipinski definition) is 1. The van der Waals surface area contributed by atoms with E-state index >= 15 is 0 Å². The van der Waals surface area contributed by atoms with Crippen LogP contribution in [0.4, 0.5) is 0 Å². The van der Waals surface area contributed by atoms with Gasteiger partial charge in [-0.25, -0.2) is 0 Å². The van der Waals surface area contributed by atoms with Crippen molar-refractivity contribution in [2.75, 3.05) is 0 Å². The van der Waals surface area contributed by atoms with Crippen LogP contribution in [0.2, 0.25) is 0 Å². The van der Waals surface area contributed by atoms with Gasteiger partial charge < -0.3 is 12.6 Å². The van der Waals surface area contributed by atoms with Crippen LogP contribution in [0.25, 0.3) is 10.8 Å². The van der Waals surface area contributed by atoms with E-state index in [0.717, 1.165) is 4.90 Å². The zero-order valence-corrected chi connectivity index (χ0v) is 10.9. The number of benzene rings is 2. The quantitative estimate of drug-likeness (QED) is 0.415. The van der Waals surface area contributed by atoms with E-state index in [9.17, 15) is 0 Å². The van der Waals surface area contributed by atoms with Crippen LogP contribution in [0, 0.1) is 0 Å². The summed E-state index contributed by atoms with van der Waals surface area (Å²) in [5, 5.41) is 2.47. The fraction of sp³-hybridized carbons (Fsp3) is 0. The monoisotopic (exact) mass is 198 g/mol. The molecule has 0 nitrogen and oxygen atoms in total. The van der Waals surface area contributed by atoms with Gasteiger partial charge in [-0.15, -0.1) is 0 Å². The van der Waals surface area contributed by atoms with Crippen molar-refractivity contribution in [2.24, 2.45) is 0 Å². The van der Waals surface area contributed by atoms with Crippen LogP contribution in [-0.2, 0) is 12.6 Å². The summed E-state index contributed by atoms with van der Waals surface area (Å²) in [5.74, 6) is 0. The molecular weight excluding hydrogens is 191 g/mol. The van der Waals surface area contributed by atoms with E-state index in [4.69, 9.17) is 12.6 Å². The fourth-order valence-corrected chi connectivity index (χ4v) is 1.36. The van der Waals surface area contributed by atoms with Crippen molar-refractivity contribution in [3.8, 4) is 0 Å². The molecule has 0 atom stereocenters. The summed E-state index contributed by atoms with van der Waals surface area (Å²) in [6.07, 6.45) is 0. The summed E-state index contributed by atoms with van der Waals surface area (Å²) >= 11 is 5.04. The van der Waals surface area contributed by atoms with E-state index in [-0.39, 0.29) is 51.4 Å².